The van der Waals surface area contributed by atoms with Gasteiger partial charge < -0.3 is 27.9 Å². The van der Waals surface area contributed by atoms with E-state index in [0.29, 0.717) is 23.9 Å². The standard InChI is InChI=1S/C66H112NO8P/c1-6-8-10-12-14-16-18-20-21-22-23-24-25-26-27-28-29-30-31-32-33-34-35-36-37-38-39-40-41-42-43-44-45-47-49-51-53-55-57-59-66(69)75-64(63-74-76(70,71)73-61-60-67(3,4)5)62-72-65(68)58-56-54-52-50-48-46-19-17-15-13-11-9-7-2/h8,10-11,13-14,16-17,19-21,23-24,26-27,29-30,32-33,35-36,64H,6-7,9,12,15,18,22,25,28,31,34,37-63H2,1-5H3/b10-8-,13-11-,16-14-,19-17-,21-20-,24-23-,27-26-,30-29-,33-32-,36-35-. The number of rotatable bonds is 54. The van der Waals surface area contributed by atoms with Crippen LogP contribution in [0.3, 0.4) is 0 Å². The number of carbonyl (C=O) groups excluding carboxylic acids is 2. The average Bonchev–Trinajstić information content (AvgIpc) is 3.38. The Bertz CT molecular complexity index is 1700. The minimum Gasteiger partial charge on any atom is -0.756 e. The van der Waals surface area contributed by atoms with Crippen LogP contribution in [0.4, 0.5) is 0 Å². The molecule has 0 heterocycles. The Balaban J connectivity index is 4.03. The van der Waals surface area contributed by atoms with Gasteiger partial charge in [-0.15, -0.1) is 0 Å². The van der Waals surface area contributed by atoms with E-state index in [1.807, 2.05) is 21.1 Å². The van der Waals surface area contributed by atoms with E-state index >= 15 is 0 Å². The molecule has 0 aliphatic carbocycles. The SMILES string of the molecule is CC/C=C\C/C=C\C/C=C\C/C=C\C/C=C\C/C=C\C/C=C\C/C=C\CCCCCCCCCCCCCCCCC(=O)OC(COC(=O)CCCCCCC/C=C\C/C=C\CCC)COP(=O)([O-])OCC[N+](C)(C)C. The van der Waals surface area contributed by atoms with Crippen molar-refractivity contribution < 1.29 is 42.1 Å². The van der Waals surface area contributed by atoms with Gasteiger partial charge in [-0.2, -0.15) is 0 Å². The second kappa shape index (κ2) is 56.1. The molecule has 0 N–H and O–H groups in total. The van der Waals surface area contributed by atoms with Crippen LogP contribution in [-0.4, -0.2) is 70.0 Å². The molecule has 0 saturated carbocycles. The molecule has 0 spiro atoms. The number of carbonyl (C=O) groups is 2. The summed E-state index contributed by atoms with van der Waals surface area (Å²) in [4.78, 5) is 37.8. The maximum atomic E-state index is 12.8. The van der Waals surface area contributed by atoms with Crippen LogP contribution in [0, 0.1) is 0 Å². The van der Waals surface area contributed by atoms with Crippen LogP contribution >= 0.6 is 7.82 Å². The molecular weight excluding hydrogens is 966 g/mol. The van der Waals surface area contributed by atoms with E-state index in [2.05, 4.69) is 135 Å². The quantitative estimate of drug-likeness (QED) is 0.0195. The number of nitrogens with zero attached hydrogens (tertiary/aromatic N) is 1. The summed E-state index contributed by atoms with van der Waals surface area (Å²) in [5.74, 6) is -0.855. The number of ether oxygens (including phenoxy) is 2. The number of quaternary nitrogens is 1. The van der Waals surface area contributed by atoms with Crippen LogP contribution in [0.2, 0.25) is 0 Å². The summed E-state index contributed by atoms with van der Waals surface area (Å²) in [5, 5.41) is 0. The molecule has 0 radical (unpaired) electrons. The van der Waals surface area contributed by atoms with Gasteiger partial charge in [0.1, 0.15) is 19.8 Å². The molecule has 0 aromatic heterocycles. The van der Waals surface area contributed by atoms with Crippen LogP contribution in [0.15, 0.2) is 122 Å². The first kappa shape index (κ1) is 72.4. The molecule has 434 valence electrons. The summed E-state index contributed by atoms with van der Waals surface area (Å²) in [6.07, 6.45) is 79.8. The lowest BCUT2D eigenvalue weighted by molar-refractivity contribution is -0.870. The Kier molecular flexibility index (Phi) is 53.5. The highest BCUT2D eigenvalue weighted by Gasteiger charge is 2.22. The topological polar surface area (TPSA) is 111 Å². The Labute approximate surface area is 467 Å². The van der Waals surface area contributed by atoms with E-state index in [9.17, 15) is 19.0 Å². The number of likely N-dealkylation sites (N-methyl/N-ethyl adjacent to an activating group) is 1. The lowest BCUT2D eigenvalue weighted by Gasteiger charge is -2.28. The first-order valence-electron chi connectivity index (χ1n) is 30.2. The number of phosphoric ester groups is 1. The van der Waals surface area contributed by atoms with Crippen LogP contribution < -0.4 is 4.89 Å². The molecule has 0 aromatic carbocycles. The summed E-state index contributed by atoms with van der Waals surface area (Å²) >= 11 is 0. The average molecular weight is 1080 g/mol. The highest BCUT2D eigenvalue weighted by Crippen LogP contribution is 2.38. The molecule has 0 rings (SSSR count). The number of hydrogen-bond donors (Lipinski definition) is 0. The zero-order valence-electron chi connectivity index (χ0n) is 49.2. The van der Waals surface area contributed by atoms with Crippen LogP contribution in [0.25, 0.3) is 0 Å². The van der Waals surface area contributed by atoms with Gasteiger partial charge in [0.05, 0.1) is 27.7 Å². The maximum absolute atomic E-state index is 12.8. The molecule has 2 atom stereocenters. The fourth-order valence-electron chi connectivity index (χ4n) is 7.83. The van der Waals surface area contributed by atoms with Crippen molar-refractivity contribution in [3.8, 4) is 0 Å². The maximum Gasteiger partial charge on any atom is 0.306 e. The first-order valence-corrected chi connectivity index (χ1v) is 31.7. The number of allylic oxidation sites excluding steroid dienone is 20. The molecule has 0 aliphatic rings. The predicted molar refractivity (Wildman–Crippen MR) is 323 cm³/mol. The van der Waals surface area contributed by atoms with Crippen molar-refractivity contribution >= 4 is 19.8 Å². The van der Waals surface area contributed by atoms with Gasteiger partial charge in [-0.3, -0.25) is 14.2 Å². The van der Waals surface area contributed by atoms with Crippen molar-refractivity contribution in [3.05, 3.63) is 122 Å². The van der Waals surface area contributed by atoms with Gasteiger partial charge in [-0.05, 0) is 103 Å². The Hall–Kier alpha value is -3.59. The monoisotopic (exact) mass is 1080 g/mol. The van der Waals surface area contributed by atoms with Crippen molar-refractivity contribution in [1.29, 1.82) is 0 Å². The van der Waals surface area contributed by atoms with Crippen molar-refractivity contribution in [2.24, 2.45) is 0 Å². The summed E-state index contributed by atoms with van der Waals surface area (Å²) in [7, 11) is 1.15. The molecule has 0 saturated heterocycles. The van der Waals surface area contributed by atoms with Gasteiger partial charge >= 0.3 is 11.9 Å². The van der Waals surface area contributed by atoms with Crippen LogP contribution in [0.5, 0.6) is 0 Å². The zero-order valence-corrected chi connectivity index (χ0v) is 50.0. The largest absolute Gasteiger partial charge is 0.756 e. The third-order valence-electron chi connectivity index (χ3n) is 12.4. The van der Waals surface area contributed by atoms with Crippen molar-refractivity contribution in [2.45, 2.75) is 238 Å². The van der Waals surface area contributed by atoms with Crippen molar-refractivity contribution in [1.82, 2.24) is 0 Å². The second-order valence-corrected chi connectivity index (χ2v) is 22.4. The van der Waals surface area contributed by atoms with E-state index in [1.165, 1.54) is 77.0 Å². The minimum absolute atomic E-state index is 0.0378. The zero-order chi connectivity index (χ0) is 55.6. The van der Waals surface area contributed by atoms with Crippen LogP contribution in [-0.2, 0) is 32.7 Å². The number of unbranched alkanes of at least 4 members (excludes halogenated alkanes) is 20. The highest BCUT2D eigenvalue weighted by molar-refractivity contribution is 7.45. The predicted octanol–water partition coefficient (Wildman–Crippen LogP) is 18.5. The fourth-order valence-corrected chi connectivity index (χ4v) is 8.56. The molecule has 10 heteroatoms. The molecule has 0 fully saturated rings. The summed E-state index contributed by atoms with van der Waals surface area (Å²) in [6, 6.07) is 0. The smallest absolute Gasteiger partial charge is 0.306 e. The fraction of sp³-hybridized carbons (Fsp3) is 0.667. The minimum atomic E-state index is -4.64. The van der Waals surface area contributed by atoms with Gasteiger partial charge in [0.25, 0.3) is 7.82 Å². The lowest BCUT2D eigenvalue weighted by Crippen LogP contribution is -2.37. The lowest BCUT2D eigenvalue weighted by atomic mass is 10.0. The van der Waals surface area contributed by atoms with Crippen molar-refractivity contribution in [2.75, 3.05) is 47.5 Å². The Morgan fingerprint density at radius 1 is 0.421 bits per heavy atom. The van der Waals surface area contributed by atoms with Gasteiger partial charge in [-0.1, -0.05) is 238 Å². The van der Waals surface area contributed by atoms with E-state index in [-0.39, 0.29) is 26.1 Å². The summed E-state index contributed by atoms with van der Waals surface area (Å²) in [5.41, 5.74) is 0. The van der Waals surface area contributed by atoms with Crippen LogP contribution in [0.1, 0.15) is 232 Å². The van der Waals surface area contributed by atoms with Gasteiger partial charge in [0.2, 0.25) is 0 Å². The number of hydrogen-bond acceptors (Lipinski definition) is 8. The van der Waals surface area contributed by atoms with Crippen molar-refractivity contribution in [3.63, 3.8) is 0 Å². The molecule has 0 amide bonds. The molecule has 9 nitrogen and oxygen atoms in total. The molecule has 0 aliphatic heterocycles. The van der Waals surface area contributed by atoms with Gasteiger partial charge in [0, 0.05) is 12.8 Å². The third kappa shape index (κ3) is 59.7. The molecule has 2 unspecified atom stereocenters. The van der Waals surface area contributed by atoms with E-state index in [4.69, 9.17) is 18.5 Å². The Morgan fingerprint density at radius 3 is 1.12 bits per heavy atom. The summed E-state index contributed by atoms with van der Waals surface area (Å²) in [6.45, 7) is 4.03. The molecule has 0 aromatic rings. The second-order valence-electron chi connectivity index (χ2n) is 21.0. The molecule has 0 bridgehead atoms. The number of phosphoric acid groups is 1. The van der Waals surface area contributed by atoms with Gasteiger partial charge in [0.15, 0.2) is 6.10 Å². The Morgan fingerprint density at radius 2 is 0.750 bits per heavy atom. The van der Waals surface area contributed by atoms with E-state index in [1.54, 1.807) is 0 Å². The van der Waals surface area contributed by atoms with E-state index < -0.39 is 32.5 Å². The molecular formula is C66H112NO8P. The highest BCUT2D eigenvalue weighted by atomic mass is 31.2. The van der Waals surface area contributed by atoms with E-state index in [0.717, 1.165) is 116 Å². The summed E-state index contributed by atoms with van der Waals surface area (Å²) < 4.78 is 34.1. The third-order valence-corrected chi connectivity index (χ3v) is 13.4. The van der Waals surface area contributed by atoms with Gasteiger partial charge in [-0.25, -0.2) is 0 Å². The normalized spacial score (nSPS) is 14.1. The molecule has 76 heavy (non-hydrogen) atoms. The number of esters is 2. The first-order chi connectivity index (χ1) is 37.0.